The summed E-state index contributed by atoms with van der Waals surface area (Å²) in [5, 5.41) is 9.04. The summed E-state index contributed by atoms with van der Waals surface area (Å²) >= 11 is 0. The van der Waals surface area contributed by atoms with Crippen molar-refractivity contribution in [1.82, 2.24) is 29.9 Å². The van der Waals surface area contributed by atoms with Crippen LogP contribution >= 0.6 is 0 Å². The Morgan fingerprint density at radius 1 is 1.05 bits per heavy atom. The lowest BCUT2D eigenvalue weighted by molar-refractivity contribution is 0.0200. The second kappa shape index (κ2) is 10.0. The Morgan fingerprint density at radius 2 is 1.85 bits per heavy atom. The number of carbonyl (C=O) groups excluding carboxylic acids is 2. The highest BCUT2D eigenvalue weighted by atomic mass is 16.6. The van der Waals surface area contributed by atoms with E-state index in [1.807, 2.05) is 81.3 Å². The first-order valence-corrected chi connectivity index (χ1v) is 13.6. The Hall–Kier alpha value is -4.76. The third-order valence-electron chi connectivity index (χ3n) is 7.43. The summed E-state index contributed by atoms with van der Waals surface area (Å²) < 4.78 is 7.30. The fraction of sp³-hybridized carbons (Fsp3) is 0.367. The fourth-order valence-electron chi connectivity index (χ4n) is 5.54. The summed E-state index contributed by atoms with van der Waals surface area (Å²) in [6, 6.07) is 9.90. The van der Waals surface area contributed by atoms with Gasteiger partial charge in [-0.25, -0.2) is 9.59 Å². The fourth-order valence-corrected chi connectivity index (χ4v) is 5.54. The number of ether oxygens (including phenoxy) is 1. The maximum Gasteiger partial charge on any atom is 0.410 e. The Bertz CT molecular complexity index is 1680. The van der Waals surface area contributed by atoms with Gasteiger partial charge in [0, 0.05) is 44.3 Å². The molecule has 0 aliphatic carbocycles. The number of aromatic nitrogens is 5. The van der Waals surface area contributed by atoms with Gasteiger partial charge in [-0.1, -0.05) is 17.3 Å². The lowest BCUT2D eigenvalue weighted by Crippen LogP contribution is -2.51. The van der Waals surface area contributed by atoms with Gasteiger partial charge in [-0.05, 0) is 57.4 Å². The van der Waals surface area contributed by atoms with Crippen molar-refractivity contribution in [2.75, 3.05) is 29.9 Å². The number of piperidine rings is 1. The van der Waals surface area contributed by atoms with E-state index in [2.05, 4.69) is 27.3 Å². The van der Waals surface area contributed by atoms with E-state index in [9.17, 15) is 9.59 Å². The molecule has 0 unspecified atom stereocenters. The van der Waals surface area contributed by atoms with Crippen LogP contribution in [0, 0.1) is 0 Å². The van der Waals surface area contributed by atoms with Crippen molar-refractivity contribution in [3.8, 4) is 22.5 Å². The molecular formula is C30H32N8O3. The molecule has 0 saturated carbocycles. The van der Waals surface area contributed by atoms with Crippen LogP contribution in [0.3, 0.4) is 0 Å². The van der Waals surface area contributed by atoms with E-state index < -0.39 is 5.60 Å². The summed E-state index contributed by atoms with van der Waals surface area (Å²) in [5.41, 5.74) is 5.28. The summed E-state index contributed by atoms with van der Waals surface area (Å²) in [6.45, 7) is 6.63. The number of benzene rings is 1. The molecule has 1 fully saturated rings. The van der Waals surface area contributed by atoms with Crippen molar-refractivity contribution in [1.29, 1.82) is 0 Å². The molecule has 1 saturated heterocycles. The zero-order valence-corrected chi connectivity index (χ0v) is 23.8. The maximum atomic E-state index is 12.9. The lowest BCUT2D eigenvalue weighted by atomic mass is 10.0. The van der Waals surface area contributed by atoms with Gasteiger partial charge in [-0.15, -0.1) is 5.10 Å². The molecule has 1 atom stereocenters. The smallest absolute Gasteiger partial charge is 0.410 e. The number of nitrogens with zero attached hydrogens (tertiary/aromatic N) is 8. The number of fused-ring (bicyclic) bond motifs is 3. The highest BCUT2D eigenvalue weighted by Crippen LogP contribution is 2.46. The zero-order chi connectivity index (χ0) is 28.9. The topological polar surface area (TPSA) is 110 Å². The molecule has 0 radical (unpaired) electrons. The van der Waals surface area contributed by atoms with Crippen molar-refractivity contribution in [2.45, 2.75) is 45.3 Å². The van der Waals surface area contributed by atoms with Gasteiger partial charge in [0.05, 0.1) is 41.0 Å². The van der Waals surface area contributed by atoms with Crippen LogP contribution in [0.25, 0.3) is 33.4 Å². The van der Waals surface area contributed by atoms with Gasteiger partial charge >= 0.3 is 6.09 Å². The molecule has 6 rings (SSSR count). The number of rotatable bonds is 3. The normalized spacial score (nSPS) is 17.1. The summed E-state index contributed by atoms with van der Waals surface area (Å²) in [6.07, 6.45) is 6.71. The number of pyridine rings is 2. The van der Waals surface area contributed by atoms with Crippen LogP contribution in [-0.2, 0) is 16.6 Å². The second-order valence-electron chi connectivity index (χ2n) is 11.5. The van der Waals surface area contributed by atoms with E-state index in [1.165, 1.54) is 0 Å². The van der Waals surface area contributed by atoms with Gasteiger partial charge in [-0.3, -0.25) is 14.6 Å². The number of amides is 1. The van der Waals surface area contributed by atoms with Crippen molar-refractivity contribution < 1.29 is 14.3 Å². The number of carbonyl (C=O) groups is 1. The number of aryl methyl sites for hydroxylation is 1. The number of hydrogen-bond acceptors (Lipinski definition) is 9. The molecule has 2 aliphatic rings. The molecule has 0 bridgehead atoms. The van der Waals surface area contributed by atoms with E-state index >= 15 is 0 Å². The zero-order valence-electron chi connectivity index (χ0n) is 23.8. The molecule has 41 heavy (non-hydrogen) atoms. The number of hydrogen-bond donors (Lipinski definition) is 0. The highest BCUT2D eigenvalue weighted by Gasteiger charge is 2.40. The van der Waals surface area contributed by atoms with E-state index in [0.717, 1.165) is 51.9 Å². The molecular weight excluding hydrogens is 520 g/mol. The monoisotopic (exact) mass is 552 g/mol. The molecule has 4 aromatic rings. The first-order chi connectivity index (χ1) is 19.6. The van der Waals surface area contributed by atoms with Crippen LogP contribution in [0.2, 0.25) is 0 Å². The van der Waals surface area contributed by atoms with Crippen LogP contribution in [0.4, 0.5) is 16.2 Å². The molecule has 11 nitrogen and oxygen atoms in total. The van der Waals surface area contributed by atoms with Gasteiger partial charge in [0.25, 0.3) is 0 Å². The average molecular weight is 553 g/mol. The summed E-state index contributed by atoms with van der Waals surface area (Å²) in [7, 11) is 3.67. The van der Waals surface area contributed by atoms with Gasteiger partial charge in [0.2, 0.25) is 5.82 Å². The van der Waals surface area contributed by atoms with Crippen molar-refractivity contribution in [3.63, 3.8) is 0 Å². The van der Waals surface area contributed by atoms with Crippen molar-refractivity contribution in [2.24, 2.45) is 7.05 Å². The number of likely N-dealkylation sites (tertiary alicyclic amines) is 1. The van der Waals surface area contributed by atoms with E-state index in [1.54, 1.807) is 15.8 Å². The molecule has 11 heteroatoms. The van der Waals surface area contributed by atoms with E-state index in [-0.39, 0.29) is 12.1 Å². The standard InChI is InChI=1S/C30H32N8O3/c1-30(2,3)41-29(40)37-12-6-7-21(16-37)38-27(18-39)36(5)26-15-32-23-10-8-19(13-22(23)28(26)38)20-9-11-24(31-14-20)25-17-35(4)34-33-25/h8-11,13-15,17,21H,6-7,12,16H2,1-5H3/t21-/m1/s1. The number of anilines is 2. The molecule has 2 aliphatic heterocycles. The first kappa shape index (κ1) is 26.5. The maximum absolute atomic E-state index is 12.9. The largest absolute Gasteiger partial charge is 0.444 e. The quantitative estimate of drug-likeness (QED) is 0.341. The molecule has 5 heterocycles. The predicted octanol–water partition coefficient (Wildman–Crippen LogP) is 4.42. The average Bonchev–Trinajstić information content (AvgIpc) is 3.52. The molecule has 1 aromatic carbocycles. The third-order valence-corrected chi connectivity index (χ3v) is 7.43. The third kappa shape index (κ3) is 4.89. The van der Waals surface area contributed by atoms with Crippen molar-refractivity contribution in [3.05, 3.63) is 54.7 Å². The Kier molecular flexibility index (Phi) is 6.46. The van der Waals surface area contributed by atoms with Gasteiger partial charge < -0.3 is 19.4 Å². The van der Waals surface area contributed by atoms with Gasteiger partial charge in [-0.2, -0.15) is 0 Å². The Morgan fingerprint density at radius 3 is 2.54 bits per heavy atom. The molecule has 3 aromatic heterocycles. The van der Waals surface area contributed by atoms with Crippen LogP contribution < -0.4 is 9.80 Å². The first-order valence-electron chi connectivity index (χ1n) is 13.6. The van der Waals surface area contributed by atoms with Crippen molar-refractivity contribution >= 4 is 34.3 Å². The minimum Gasteiger partial charge on any atom is -0.444 e. The summed E-state index contributed by atoms with van der Waals surface area (Å²) in [5.74, 6) is 2.57. The summed E-state index contributed by atoms with van der Waals surface area (Å²) in [4.78, 5) is 40.2. The van der Waals surface area contributed by atoms with Gasteiger partial charge in [0.15, 0.2) is 5.94 Å². The minimum atomic E-state index is -0.585. The van der Waals surface area contributed by atoms with Crippen LogP contribution in [0.15, 0.2) is 54.7 Å². The van der Waals surface area contributed by atoms with Crippen LogP contribution in [0.5, 0.6) is 0 Å². The van der Waals surface area contributed by atoms with Crippen LogP contribution in [-0.4, -0.2) is 73.7 Å². The predicted molar refractivity (Wildman–Crippen MR) is 156 cm³/mol. The Balaban J connectivity index is 1.38. The van der Waals surface area contributed by atoms with E-state index in [0.29, 0.717) is 24.6 Å². The molecule has 0 N–H and O–H groups in total. The van der Waals surface area contributed by atoms with E-state index in [4.69, 9.17) is 9.72 Å². The minimum absolute atomic E-state index is 0.126. The Labute approximate surface area is 238 Å². The second-order valence-corrected chi connectivity index (χ2v) is 11.5. The SMILES string of the molecule is CN1C(=C=O)N([C@@H]2CCCN(C(=O)OC(C)(C)C)C2)c2c1cnc1ccc(-c3ccc(-c4cn(C)nn4)nc3)cc21. The molecule has 0 spiro atoms. The highest BCUT2D eigenvalue weighted by molar-refractivity contribution is 6.05. The molecule has 210 valence electrons. The lowest BCUT2D eigenvalue weighted by Gasteiger charge is -2.39. The van der Waals surface area contributed by atoms with Crippen LogP contribution in [0.1, 0.15) is 33.6 Å². The molecule has 1 amide bonds. The van der Waals surface area contributed by atoms with Gasteiger partial charge in [0.1, 0.15) is 11.3 Å².